The van der Waals surface area contributed by atoms with Gasteiger partial charge in [-0.2, -0.15) is 0 Å². The largest absolute Gasteiger partial charge is 0.489 e. The number of ether oxygens (including phenoxy) is 1. The molecule has 2 heterocycles. The number of benzene rings is 3. The molecule has 0 saturated carbocycles. The average Bonchev–Trinajstić information content (AvgIpc) is 2.83. The second-order valence-electron chi connectivity index (χ2n) is 7.05. The van der Waals surface area contributed by atoms with E-state index < -0.39 is 0 Å². The molecule has 0 amide bonds. The minimum atomic E-state index is -0.384. The normalized spacial score (nSPS) is 10.8. The topological polar surface area (TPSA) is 65.2 Å². The van der Waals surface area contributed by atoms with Gasteiger partial charge in [-0.05, 0) is 36.4 Å². The number of hydrogen-bond acceptors (Lipinski definition) is 5. The molecule has 5 nitrogen and oxygen atoms in total. The molecular weight excluding hydrogens is 388 g/mol. The third kappa shape index (κ3) is 4.07. The lowest BCUT2D eigenvalue weighted by atomic mass is 10.1. The van der Waals surface area contributed by atoms with Gasteiger partial charge in [0.05, 0.1) is 11.4 Å². The first-order valence-corrected chi connectivity index (χ1v) is 9.89. The molecule has 0 radical (unpaired) electrons. The summed E-state index contributed by atoms with van der Waals surface area (Å²) in [6.07, 6.45) is 1.58. The Kier molecular flexibility index (Phi) is 4.99. The van der Waals surface area contributed by atoms with Crippen molar-refractivity contribution < 1.29 is 9.15 Å². The van der Waals surface area contributed by atoms with Gasteiger partial charge in [0, 0.05) is 28.1 Å². The molecule has 0 bridgehead atoms. The van der Waals surface area contributed by atoms with Crippen molar-refractivity contribution in [2.75, 3.05) is 0 Å². The summed E-state index contributed by atoms with van der Waals surface area (Å²) in [7, 11) is 0. The van der Waals surface area contributed by atoms with E-state index in [-0.39, 0.29) is 12.2 Å². The SMILES string of the molecule is O=c1cc(COc2ccc(-c3cc(-c4ccccc4)ncn3)cc2)c2ccccc2o1. The highest BCUT2D eigenvalue weighted by atomic mass is 16.5. The molecule has 0 spiro atoms. The van der Waals surface area contributed by atoms with Crippen LogP contribution >= 0.6 is 0 Å². The minimum absolute atomic E-state index is 0.275. The van der Waals surface area contributed by atoms with Crippen molar-refractivity contribution in [3.8, 4) is 28.3 Å². The van der Waals surface area contributed by atoms with Gasteiger partial charge in [0.15, 0.2) is 0 Å². The number of nitrogens with zero attached hydrogens (tertiary/aromatic N) is 2. The van der Waals surface area contributed by atoms with Crippen molar-refractivity contribution in [3.63, 3.8) is 0 Å². The smallest absolute Gasteiger partial charge is 0.336 e. The molecule has 31 heavy (non-hydrogen) atoms. The Morgan fingerprint density at radius 2 is 1.42 bits per heavy atom. The fraction of sp³-hybridized carbons (Fsp3) is 0.0385. The van der Waals surface area contributed by atoms with Crippen molar-refractivity contribution in [2.24, 2.45) is 0 Å². The zero-order valence-electron chi connectivity index (χ0n) is 16.6. The Morgan fingerprint density at radius 3 is 2.19 bits per heavy atom. The summed E-state index contributed by atoms with van der Waals surface area (Å²) in [6, 6.07) is 28.6. The first-order chi connectivity index (χ1) is 15.3. The second kappa shape index (κ2) is 8.24. The minimum Gasteiger partial charge on any atom is -0.489 e. The summed E-state index contributed by atoms with van der Waals surface area (Å²) in [6.45, 7) is 0.275. The fourth-order valence-electron chi connectivity index (χ4n) is 3.46. The fourth-order valence-corrected chi connectivity index (χ4v) is 3.46. The van der Waals surface area contributed by atoms with Gasteiger partial charge in [0.1, 0.15) is 24.3 Å². The molecule has 0 fully saturated rings. The molecule has 2 aromatic heterocycles. The van der Waals surface area contributed by atoms with Gasteiger partial charge >= 0.3 is 5.63 Å². The molecule has 0 aliphatic carbocycles. The Bertz CT molecular complexity index is 1390. The van der Waals surface area contributed by atoms with Crippen LogP contribution in [0.3, 0.4) is 0 Å². The van der Waals surface area contributed by atoms with E-state index in [0.29, 0.717) is 11.3 Å². The molecule has 0 N–H and O–H groups in total. The molecule has 0 atom stereocenters. The zero-order valence-corrected chi connectivity index (χ0v) is 16.6. The predicted octanol–water partition coefficient (Wildman–Crippen LogP) is 5.50. The maximum absolute atomic E-state index is 11.8. The van der Waals surface area contributed by atoms with E-state index in [0.717, 1.165) is 33.5 Å². The summed E-state index contributed by atoms with van der Waals surface area (Å²) in [5.74, 6) is 0.707. The van der Waals surface area contributed by atoms with Crippen LogP contribution in [-0.2, 0) is 6.61 Å². The predicted molar refractivity (Wildman–Crippen MR) is 120 cm³/mol. The molecule has 0 aliphatic rings. The van der Waals surface area contributed by atoms with Crippen LogP contribution in [0.2, 0.25) is 0 Å². The maximum atomic E-state index is 11.8. The molecule has 0 unspecified atom stereocenters. The van der Waals surface area contributed by atoms with Crippen molar-refractivity contribution in [1.82, 2.24) is 9.97 Å². The van der Waals surface area contributed by atoms with Crippen LogP contribution in [0.4, 0.5) is 0 Å². The maximum Gasteiger partial charge on any atom is 0.336 e. The van der Waals surface area contributed by atoms with Crippen LogP contribution < -0.4 is 10.4 Å². The Labute approximate surface area is 178 Å². The Hall–Kier alpha value is -4.25. The van der Waals surface area contributed by atoms with E-state index in [2.05, 4.69) is 9.97 Å². The van der Waals surface area contributed by atoms with E-state index in [1.165, 1.54) is 6.07 Å². The lowest BCUT2D eigenvalue weighted by Gasteiger charge is -2.09. The third-order valence-corrected chi connectivity index (χ3v) is 5.02. The number of hydrogen-bond donors (Lipinski definition) is 0. The van der Waals surface area contributed by atoms with Crippen molar-refractivity contribution in [2.45, 2.75) is 6.61 Å². The molecule has 5 heteroatoms. The van der Waals surface area contributed by atoms with Crippen LogP contribution in [0.1, 0.15) is 5.56 Å². The van der Waals surface area contributed by atoms with Crippen molar-refractivity contribution in [1.29, 1.82) is 0 Å². The van der Waals surface area contributed by atoms with E-state index in [1.807, 2.05) is 78.9 Å². The first kappa shape index (κ1) is 18.8. The van der Waals surface area contributed by atoms with E-state index in [9.17, 15) is 4.79 Å². The van der Waals surface area contributed by atoms with E-state index >= 15 is 0 Å². The highest BCUT2D eigenvalue weighted by Gasteiger charge is 2.07. The Morgan fingerprint density at radius 1 is 0.742 bits per heavy atom. The number of rotatable bonds is 5. The van der Waals surface area contributed by atoms with E-state index in [1.54, 1.807) is 12.4 Å². The highest BCUT2D eigenvalue weighted by Crippen LogP contribution is 2.25. The summed E-state index contributed by atoms with van der Waals surface area (Å²) < 4.78 is 11.2. The van der Waals surface area contributed by atoms with Gasteiger partial charge in [-0.3, -0.25) is 0 Å². The average molecular weight is 406 g/mol. The van der Waals surface area contributed by atoms with Crippen LogP contribution in [0.5, 0.6) is 5.75 Å². The van der Waals surface area contributed by atoms with Gasteiger partial charge in [-0.25, -0.2) is 14.8 Å². The lowest BCUT2D eigenvalue weighted by molar-refractivity contribution is 0.306. The lowest BCUT2D eigenvalue weighted by Crippen LogP contribution is -2.04. The molecule has 0 saturated heterocycles. The molecule has 0 aliphatic heterocycles. The number of para-hydroxylation sites is 1. The second-order valence-corrected chi connectivity index (χ2v) is 7.05. The van der Waals surface area contributed by atoms with Gasteiger partial charge in [0.25, 0.3) is 0 Å². The van der Waals surface area contributed by atoms with Crippen LogP contribution in [0.25, 0.3) is 33.5 Å². The molecule has 5 aromatic rings. The number of aromatic nitrogens is 2. The molecule has 5 rings (SSSR count). The Balaban J connectivity index is 1.35. The highest BCUT2D eigenvalue weighted by molar-refractivity contribution is 5.79. The molecule has 3 aromatic carbocycles. The van der Waals surface area contributed by atoms with Crippen LogP contribution in [0.15, 0.2) is 107 Å². The summed E-state index contributed by atoms with van der Waals surface area (Å²) in [5.41, 5.74) is 4.70. The molecule has 150 valence electrons. The van der Waals surface area contributed by atoms with Gasteiger partial charge in [-0.1, -0.05) is 48.5 Å². The summed E-state index contributed by atoms with van der Waals surface area (Å²) >= 11 is 0. The quantitative estimate of drug-likeness (QED) is 0.361. The monoisotopic (exact) mass is 406 g/mol. The van der Waals surface area contributed by atoms with Gasteiger partial charge in [0.2, 0.25) is 0 Å². The first-order valence-electron chi connectivity index (χ1n) is 9.89. The summed E-state index contributed by atoms with van der Waals surface area (Å²) in [5, 5.41) is 0.869. The van der Waals surface area contributed by atoms with Gasteiger partial charge < -0.3 is 9.15 Å². The standard InChI is InChI=1S/C26H18N2O3/c29-26-14-20(22-8-4-5-9-25(22)31-26)16-30-21-12-10-19(11-13-21)24-15-23(27-17-28-24)18-6-2-1-3-7-18/h1-15,17H,16H2. The summed E-state index contributed by atoms with van der Waals surface area (Å²) in [4.78, 5) is 20.6. The van der Waals surface area contributed by atoms with Gasteiger partial charge in [-0.15, -0.1) is 0 Å². The number of fused-ring (bicyclic) bond motifs is 1. The zero-order chi connectivity index (χ0) is 21.0. The molecular formula is C26H18N2O3. The third-order valence-electron chi connectivity index (χ3n) is 5.02. The van der Waals surface area contributed by atoms with E-state index in [4.69, 9.17) is 9.15 Å². The van der Waals surface area contributed by atoms with Crippen LogP contribution in [0, 0.1) is 0 Å². The van der Waals surface area contributed by atoms with Crippen LogP contribution in [-0.4, -0.2) is 9.97 Å². The van der Waals surface area contributed by atoms with Crippen molar-refractivity contribution >= 4 is 11.0 Å². The van der Waals surface area contributed by atoms with Crippen molar-refractivity contribution in [3.05, 3.63) is 113 Å².